The molecular formula is C18H23NO3S. The number of nitrogens with one attached hydrogen (secondary N) is 1. The van der Waals surface area contributed by atoms with Crippen LogP contribution in [-0.2, 0) is 10.0 Å². The van der Waals surface area contributed by atoms with Crippen LogP contribution in [0.15, 0.2) is 41.3 Å². The predicted octanol–water partition coefficient (Wildman–Crippen LogP) is 4.24. The molecule has 0 aliphatic rings. The third kappa shape index (κ3) is 3.67. The third-order valence-electron chi connectivity index (χ3n) is 3.77. The number of anilines is 1. The first-order valence-corrected chi connectivity index (χ1v) is 9.01. The predicted molar refractivity (Wildman–Crippen MR) is 93.8 cm³/mol. The van der Waals surface area contributed by atoms with E-state index >= 15 is 0 Å². The number of ether oxygens (including phenoxy) is 1. The van der Waals surface area contributed by atoms with Crippen LogP contribution in [0, 0.1) is 13.8 Å². The molecule has 0 aromatic heterocycles. The number of rotatable bonds is 5. The third-order valence-corrected chi connectivity index (χ3v) is 5.44. The fourth-order valence-corrected chi connectivity index (χ4v) is 4.28. The Hall–Kier alpha value is -2.01. The largest absolute Gasteiger partial charge is 0.497 e. The minimum atomic E-state index is -3.66. The molecule has 2 aromatic rings. The van der Waals surface area contributed by atoms with Crippen molar-refractivity contribution in [2.24, 2.45) is 0 Å². The topological polar surface area (TPSA) is 55.4 Å². The monoisotopic (exact) mass is 333 g/mol. The van der Waals surface area contributed by atoms with Gasteiger partial charge in [-0.3, -0.25) is 4.72 Å². The van der Waals surface area contributed by atoms with Crippen molar-refractivity contribution in [3.63, 3.8) is 0 Å². The van der Waals surface area contributed by atoms with Crippen LogP contribution in [0.5, 0.6) is 5.75 Å². The van der Waals surface area contributed by atoms with Crippen molar-refractivity contribution in [3.8, 4) is 5.75 Å². The molecule has 0 spiro atoms. The van der Waals surface area contributed by atoms with Gasteiger partial charge in [-0.15, -0.1) is 0 Å². The molecule has 0 heterocycles. The van der Waals surface area contributed by atoms with Crippen LogP contribution in [0.1, 0.15) is 36.5 Å². The molecule has 1 N–H and O–H groups in total. The van der Waals surface area contributed by atoms with E-state index in [4.69, 9.17) is 4.74 Å². The zero-order valence-corrected chi connectivity index (χ0v) is 15.0. The fourth-order valence-electron chi connectivity index (χ4n) is 2.74. The number of para-hydroxylation sites is 1. The number of aryl methyl sites for hydroxylation is 2. The van der Waals surface area contributed by atoms with Gasteiger partial charge in [0, 0.05) is 0 Å². The molecule has 124 valence electrons. The normalized spacial score (nSPS) is 11.6. The Morgan fingerprint density at radius 1 is 1.04 bits per heavy atom. The van der Waals surface area contributed by atoms with E-state index in [0.29, 0.717) is 27.5 Å². The van der Waals surface area contributed by atoms with Gasteiger partial charge in [0.25, 0.3) is 10.0 Å². The van der Waals surface area contributed by atoms with Crippen molar-refractivity contribution in [1.29, 1.82) is 0 Å². The summed E-state index contributed by atoms with van der Waals surface area (Å²) in [7, 11) is -2.09. The summed E-state index contributed by atoms with van der Waals surface area (Å²) in [6, 6.07) is 10.9. The Morgan fingerprint density at radius 3 is 2.13 bits per heavy atom. The minimum absolute atomic E-state index is 0.229. The first-order chi connectivity index (χ1) is 10.8. The van der Waals surface area contributed by atoms with Gasteiger partial charge in [0.05, 0.1) is 17.7 Å². The van der Waals surface area contributed by atoms with E-state index in [2.05, 4.69) is 4.72 Å². The molecule has 0 aliphatic carbocycles. The van der Waals surface area contributed by atoms with Gasteiger partial charge in [-0.05, 0) is 54.7 Å². The number of hydrogen-bond acceptors (Lipinski definition) is 3. The summed E-state index contributed by atoms with van der Waals surface area (Å²) in [5.41, 5.74) is 2.92. The second-order valence-corrected chi connectivity index (χ2v) is 7.56. The van der Waals surface area contributed by atoms with Crippen molar-refractivity contribution in [2.45, 2.75) is 38.5 Å². The van der Waals surface area contributed by atoms with Gasteiger partial charge in [0.15, 0.2) is 0 Å². The number of hydrogen-bond donors (Lipinski definition) is 1. The van der Waals surface area contributed by atoms with Gasteiger partial charge in [0.2, 0.25) is 0 Å². The molecule has 0 atom stereocenters. The Kier molecular flexibility index (Phi) is 5.00. The summed E-state index contributed by atoms with van der Waals surface area (Å²) in [6.45, 7) is 7.63. The molecule has 0 bridgehead atoms. The van der Waals surface area contributed by atoms with Crippen LogP contribution >= 0.6 is 0 Å². The second kappa shape index (κ2) is 6.62. The number of methoxy groups -OCH3 is 1. The fraction of sp³-hybridized carbons (Fsp3) is 0.333. The van der Waals surface area contributed by atoms with Crippen molar-refractivity contribution >= 4 is 15.7 Å². The smallest absolute Gasteiger partial charge is 0.262 e. The number of benzene rings is 2. The van der Waals surface area contributed by atoms with E-state index < -0.39 is 10.0 Å². The Bertz CT molecular complexity index is 788. The molecule has 5 heteroatoms. The molecular weight excluding hydrogens is 310 g/mol. The number of sulfonamides is 1. The maximum absolute atomic E-state index is 12.9. The lowest BCUT2D eigenvalue weighted by Crippen LogP contribution is -2.17. The van der Waals surface area contributed by atoms with Crippen LogP contribution in [0.4, 0.5) is 5.69 Å². The summed E-state index contributed by atoms with van der Waals surface area (Å²) < 4.78 is 33.7. The summed E-state index contributed by atoms with van der Waals surface area (Å²) in [4.78, 5) is 0.303. The quantitative estimate of drug-likeness (QED) is 0.890. The molecule has 2 rings (SSSR count). The van der Waals surface area contributed by atoms with Crippen LogP contribution in [0.25, 0.3) is 0 Å². The summed E-state index contributed by atoms with van der Waals surface area (Å²) in [5.74, 6) is 0.883. The molecule has 0 radical (unpaired) electrons. The van der Waals surface area contributed by atoms with Crippen molar-refractivity contribution in [2.75, 3.05) is 11.8 Å². The van der Waals surface area contributed by atoms with E-state index in [9.17, 15) is 8.42 Å². The molecule has 23 heavy (non-hydrogen) atoms. The van der Waals surface area contributed by atoms with Gasteiger partial charge < -0.3 is 4.74 Å². The molecule has 0 amide bonds. The lowest BCUT2D eigenvalue weighted by molar-refractivity contribution is 0.413. The minimum Gasteiger partial charge on any atom is -0.497 e. The first kappa shape index (κ1) is 17.3. The highest BCUT2D eigenvalue weighted by Gasteiger charge is 2.22. The zero-order chi connectivity index (χ0) is 17.2. The SMILES string of the molecule is COc1cc(C)c(S(=O)(=O)Nc2ccccc2C(C)C)c(C)c1. The van der Waals surface area contributed by atoms with Gasteiger partial charge in [-0.25, -0.2) is 8.42 Å². The highest BCUT2D eigenvalue weighted by atomic mass is 32.2. The lowest BCUT2D eigenvalue weighted by Gasteiger charge is -2.17. The lowest BCUT2D eigenvalue weighted by atomic mass is 10.0. The zero-order valence-electron chi connectivity index (χ0n) is 14.2. The second-order valence-electron chi connectivity index (χ2n) is 5.94. The maximum Gasteiger partial charge on any atom is 0.262 e. The van der Waals surface area contributed by atoms with Crippen LogP contribution < -0.4 is 9.46 Å². The van der Waals surface area contributed by atoms with Gasteiger partial charge in [-0.2, -0.15) is 0 Å². The highest BCUT2D eigenvalue weighted by Crippen LogP contribution is 2.30. The van der Waals surface area contributed by atoms with E-state index in [1.54, 1.807) is 39.2 Å². The van der Waals surface area contributed by atoms with Crippen LogP contribution in [-0.4, -0.2) is 15.5 Å². The van der Waals surface area contributed by atoms with Crippen LogP contribution in [0.2, 0.25) is 0 Å². The summed E-state index contributed by atoms with van der Waals surface area (Å²) >= 11 is 0. The molecule has 0 saturated carbocycles. The van der Waals surface area contributed by atoms with Crippen molar-refractivity contribution in [1.82, 2.24) is 0 Å². The van der Waals surface area contributed by atoms with E-state index in [0.717, 1.165) is 5.56 Å². The standard InChI is InChI=1S/C18H23NO3S/c1-12(2)16-8-6-7-9-17(16)19-23(20,21)18-13(3)10-15(22-5)11-14(18)4/h6-12,19H,1-5H3. The average molecular weight is 333 g/mol. The van der Waals surface area contributed by atoms with Crippen molar-refractivity contribution in [3.05, 3.63) is 53.1 Å². The summed E-state index contributed by atoms with van der Waals surface area (Å²) in [5, 5.41) is 0. The van der Waals surface area contributed by atoms with Crippen molar-refractivity contribution < 1.29 is 13.2 Å². The average Bonchev–Trinajstić information content (AvgIpc) is 2.45. The Morgan fingerprint density at radius 2 is 1.61 bits per heavy atom. The van der Waals surface area contributed by atoms with Gasteiger partial charge >= 0.3 is 0 Å². The molecule has 0 fully saturated rings. The molecule has 0 aliphatic heterocycles. The Balaban J connectivity index is 2.49. The summed E-state index contributed by atoms with van der Waals surface area (Å²) in [6.07, 6.45) is 0. The maximum atomic E-state index is 12.9. The van der Waals surface area contributed by atoms with E-state index in [1.165, 1.54) is 0 Å². The van der Waals surface area contributed by atoms with Gasteiger partial charge in [0.1, 0.15) is 5.75 Å². The molecule has 4 nitrogen and oxygen atoms in total. The molecule has 0 unspecified atom stereocenters. The van der Waals surface area contributed by atoms with E-state index in [1.807, 2.05) is 32.0 Å². The van der Waals surface area contributed by atoms with Crippen LogP contribution in [0.3, 0.4) is 0 Å². The van der Waals surface area contributed by atoms with E-state index in [-0.39, 0.29) is 5.92 Å². The molecule has 0 saturated heterocycles. The first-order valence-electron chi connectivity index (χ1n) is 7.53. The van der Waals surface area contributed by atoms with Gasteiger partial charge in [-0.1, -0.05) is 32.0 Å². The molecule has 2 aromatic carbocycles. The Labute approximate surface area is 138 Å². The highest BCUT2D eigenvalue weighted by molar-refractivity contribution is 7.92.